The van der Waals surface area contributed by atoms with Gasteiger partial charge in [-0.25, -0.2) is 0 Å². The summed E-state index contributed by atoms with van der Waals surface area (Å²) in [5.74, 6) is 0.821. The molecule has 2 N–H and O–H groups in total. The number of anilines is 2. The second-order valence-corrected chi connectivity index (χ2v) is 3.94. The number of aliphatic hydroxyl groups excluding tert-OH is 1. The quantitative estimate of drug-likeness (QED) is 0.766. The summed E-state index contributed by atoms with van der Waals surface area (Å²) >= 11 is 0. The third-order valence-corrected chi connectivity index (χ3v) is 2.49. The van der Waals surface area contributed by atoms with Gasteiger partial charge in [0.1, 0.15) is 5.75 Å². The normalized spacial score (nSPS) is 10.1. The molecule has 0 amide bonds. The second-order valence-electron chi connectivity index (χ2n) is 3.94. The molecule has 0 aliphatic rings. The molecule has 0 heterocycles. The molecule has 2 aromatic rings. The molecule has 0 radical (unpaired) electrons. The number of aliphatic hydroxyl groups is 1. The average molecular weight is 243 g/mol. The van der Waals surface area contributed by atoms with Crippen molar-refractivity contribution < 1.29 is 9.84 Å². The Morgan fingerprint density at radius 2 is 1.56 bits per heavy atom. The Balaban J connectivity index is 1.91. The van der Waals surface area contributed by atoms with Crippen LogP contribution in [0.3, 0.4) is 0 Å². The number of ether oxygens (including phenoxy) is 1. The highest BCUT2D eigenvalue weighted by molar-refractivity contribution is 5.59. The summed E-state index contributed by atoms with van der Waals surface area (Å²) in [5, 5.41) is 12.0. The lowest BCUT2D eigenvalue weighted by Crippen LogP contribution is -1.99. The van der Waals surface area contributed by atoms with E-state index in [1.54, 1.807) is 0 Å². The Morgan fingerprint density at radius 3 is 2.22 bits per heavy atom. The molecule has 0 saturated heterocycles. The van der Waals surface area contributed by atoms with Crippen molar-refractivity contribution in [1.82, 2.24) is 0 Å². The maximum Gasteiger partial charge on any atom is 0.119 e. The molecule has 0 fully saturated rings. The zero-order valence-corrected chi connectivity index (χ0v) is 10.2. The first-order valence-corrected chi connectivity index (χ1v) is 6.04. The number of rotatable bonds is 6. The molecule has 0 unspecified atom stereocenters. The van der Waals surface area contributed by atoms with Gasteiger partial charge in [0.05, 0.1) is 6.61 Å². The van der Waals surface area contributed by atoms with Crippen LogP contribution < -0.4 is 10.1 Å². The van der Waals surface area contributed by atoms with E-state index >= 15 is 0 Å². The van der Waals surface area contributed by atoms with E-state index in [2.05, 4.69) is 5.32 Å². The van der Waals surface area contributed by atoms with Crippen LogP contribution >= 0.6 is 0 Å². The minimum absolute atomic E-state index is 0.160. The number of nitrogens with one attached hydrogen (secondary N) is 1. The minimum Gasteiger partial charge on any atom is -0.494 e. The van der Waals surface area contributed by atoms with Gasteiger partial charge in [-0.3, -0.25) is 0 Å². The van der Waals surface area contributed by atoms with E-state index in [1.807, 2.05) is 54.6 Å². The molecule has 0 aliphatic carbocycles. The Hall–Kier alpha value is -2.00. The first-order valence-electron chi connectivity index (χ1n) is 6.04. The van der Waals surface area contributed by atoms with Crippen molar-refractivity contribution in [3.05, 3.63) is 54.6 Å². The largest absolute Gasteiger partial charge is 0.494 e. The zero-order chi connectivity index (χ0) is 12.6. The summed E-state index contributed by atoms with van der Waals surface area (Å²) in [6.07, 6.45) is 0.657. The molecular weight excluding hydrogens is 226 g/mol. The van der Waals surface area contributed by atoms with Crippen molar-refractivity contribution >= 4 is 11.4 Å². The second kappa shape index (κ2) is 6.67. The Bertz CT molecular complexity index is 454. The van der Waals surface area contributed by atoms with E-state index in [4.69, 9.17) is 9.84 Å². The first kappa shape index (κ1) is 12.5. The number of benzene rings is 2. The highest BCUT2D eigenvalue weighted by Crippen LogP contribution is 2.19. The van der Waals surface area contributed by atoms with E-state index in [1.165, 1.54) is 0 Å². The summed E-state index contributed by atoms with van der Waals surface area (Å²) in [5.41, 5.74) is 2.09. The van der Waals surface area contributed by atoms with Gasteiger partial charge in [-0.05, 0) is 36.4 Å². The molecule has 3 heteroatoms. The van der Waals surface area contributed by atoms with Crippen LogP contribution in [0.25, 0.3) is 0 Å². The summed E-state index contributed by atoms with van der Waals surface area (Å²) in [4.78, 5) is 0. The SMILES string of the molecule is OCCCOc1ccc(Nc2ccccc2)cc1. The van der Waals surface area contributed by atoms with Crippen LogP contribution in [0.4, 0.5) is 11.4 Å². The predicted octanol–water partition coefficient (Wildman–Crippen LogP) is 3.19. The summed E-state index contributed by atoms with van der Waals surface area (Å²) in [6.45, 7) is 0.704. The van der Waals surface area contributed by atoms with Crippen LogP contribution in [0.2, 0.25) is 0 Å². The van der Waals surface area contributed by atoms with Gasteiger partial charge >= 0.3 is 0 Å². The van der Waals surface area contributed by atoms with Crippen molar-refractivity contribution in [1.29, 1.82) is 0 Å². The van der Waals surface area contributed by atoms with Crippen LogP contribution in [-0.2, 0) is 0 Å². The zero-order valence-electron chi connectivity index (χ0n) is 10.2. The number of para-hydroxylation sites is 1. The summed E-state index contributed by atoms with van der Waals surface area (Å²) in [6, 6.07) is 17.8. The van der Waals surface area contributed by atoms with E-state index in [0.29, 0.717) is 13.0 Å². The lowest BCUT2D eigenvalue weighted by Gasteiger charge is -2.08. The fourth-order valence-corrected chi connectivity index (χ4v) is 1.58. The molecule has 18 heavy (non-hydrogen) atoms. The molecule has 0 atom stereocenters. The third kappa shape index (κ3) is 3.79. The first-order chi connectivity index (χ1) is 8.88. The van der Waals surface area contributed by atoms with Gasteiger partial charge in [0.15, 0.2) is 0 Å². The van der Waals surface area contributed by atoms with Gasteiger partial charge in [-0.2, -0.15) is 0 Å². The molecule has 2 aromatic carbocycles. The van der Waals surface area contributed by atoms with Crippen LogP contribution in [0, 0.1) is 0 Å². The maximum atomic E-state index is 8.66. The van der Waals surface area contributed by atoms with Crippen molar-refractivity contribution in [3.8, 4) is 5.75 Å². The van der Waals surface area contributed by atoms with Crippen LogP contribution in [0.5, 0.6) is 5.75 Å². The Kier molecular flexibility index (Phi) is 4.61. The molecule has 0 aromatic heterocycles. The van der Waals surface area contributed by atoms with Gasteiger partial charge in [0.25, 0.3) is 0 Å². The minimum atomic E-state index is 0.160. The fourth-order valence-electron chi connectivity index (χ4n) is 1.58. The summed E-state index contributed by atoms with van der Waals surface area (Å²) < 4.78 is 5.46. The fraction of sp³-hybridized carbons (Fsp3) is 0.200. The molecule has 0 bridgehead atoms. The summed E-state index contributed by atoms with van der Waals surface area (Å²) in [7, 11) is 0. The lowest BCUT2D eigenvalue weighted by molar-refractivity contribution is 0.233. The molecule has 0 saturated carbocycles. The highest BCUT2D eigenvalue weighted by atomic mass is 16.5. The van der Waals surface area contributed by atoms with E-state index < -0.39 is 0 Å². The van der Waals surface area contributed by atoms with Crippen molar-refractivity contribution in [2.24, 2.45) is 0 Å². The van der Waals surface area contributed by atoms with Crippen LogP contribution in [-0.4, -0.2) is 18.3 Å². The Labute approximate surface area is 107 Å². The standard InChI is InChI=1S/C15H17NO2/c17-11-4-12-18-15-9-7-14(8-10-15)16-13-5-2-1-3-6-13/h1-3,5-10,16-17H,4,11-12H2. The average Bonchev–Trinajstić information content (AvgIpc) is 2.42. The topological polar surface area (TPSA) is 41.5 Å². The van der Waals surface area contributed by atoms with Crippen molar-refractivity contribution in [2.75, 3.05) is 18.5 Å². The van der Waals surface area contributed by atoms with Gasteiger partial charge in [-0.15, -0.1) is 0 Å². The lowest BCUT2D eigenvalue weighted by atomic mass is 10.2. The van der Waals surface area contributed by atoms with Crippen molar-refractivity contribution in [2.45, 2.75) is 6.42 Å². The Morgan fingerprint density at radius 1 is 0.889 bits per heavy atom. The molecular formula is C15H17NO2. The predicted molar refractivity (Wildman–Crippen MR) is 73.4 cm³/mol. The smallest absolute Gasteiger partial charge is 0.119 e. The van der Waals surface area contributed by atoms with E-state index in [0.717, 1.165) is 17.1 Å². The van der Waals surface area contributed by atoms with Crippen molar-refractivity contribution in [3.63, 3.8) is 0 Å². The van der Waals surface area contributed by atoms with E-state index in [-0.39, 0.29) is 6.61 Å². The number of hydrogen-bond donors (Lipinski definition) is 2. The maximum absolute atomic E-state index is 8.66. The molecule has 0 aliphatic heterocycles. The van der Waals surface area contributed by atoms with Crippen LogP contribution in [0.1, 0.15) is 6.42 Å². The molecule has 0 spiro atoms. The molecule has 94 valence electrons. The highest BCUT2D eigenvalue weighted by Gasteiger charge is 1.96. The van der Waals surface area contributed by atoms with Gasteiger partial charge in [0.2, 0.25) is 0 Å². The van der Waals surface area contributed by atoms with Gasteiger partial charge < -0.3 is 15.2 Å². The number of hydrogen-bond acceptors (Lipinski definition) is 3. The third-order valence-electron chi connectivity index (χ3n) is 2.49. The molecule has 3 nitrogen and oxygen atoms in total. The monoisotopic (exact) mass is 243 g/mol. The van der Waals surface area contributed by atoms with Crippen LogP contribution in [0.15, 0.2) is 54.6 Å². The van der Waals surface area contributed by atoms with Gasteiger partial charge in [-0.1, -0.05) is 18.2 Å². The molecule has 2 rings (SSSR count). The van der Waals surface area contributed by atoms with Gasteiger partial charge in [0, 0.05) is 24.4 Å². The van der Waals surface area contributed by atoms with E-state index in [9.17, 15) is 0 Å².